The molecule has 12 N–H and O–H groups in total. The second-order valence-electron chi connectivity index (χ2n) is 29.2. The van der Waals surface area contributed by atoms with Gasteiger partial charge >= 0.3 is 0 Å². The molecule has 1 amide bonds. The summed E-state index contributed by atoms with van der Waals surface area (Å²) in [6.07, 6.45) is 56.4. The molecule has 0 bridgehead atoms. The molecule has 3 rings (SSSR count). The number of hydrogen-bond acceptors (Lipinski definition) is 18. The van der Waals surface area contributed by atoms with E-state index >= 15 is 0 Å². The van der Waals surface area contributed by atoms with E-state index in [1.807, 2.05) is 6.08 Å². The highest BCUT2D eigenvalue weighted by Crippen LogP contribution is 2.33. The Balaban J connectivity index is 1.29. The summed E-state index contributed by atoms with van der Waals surface area (Å²) in [5.41, 5.74) is 0. The summed E-state index contributed by atoms with van der Waals surface area (Å²) < 4.78 is 34.4. The number of aliphatic hydroxyl groups excluding tert-OH is 11. The number of carbonyl (C=O) groups is 1. The minimum Gasteiger partial charge on any atom is -0.394 e. The normalized spacial score (nSPS) is 26.5. The second kappa shape index (κ2) is 63.2. The van der Waals surface area contributed by atoms with Crippen molar-refractivity contribution in [1.82, 2.24) is 5.32 Å². The smallest absolute Gasteiger partial charge is 0.220 e. The van der Waals surface area contributed by atoms with Gasteiger partial charge in [0.05, 0.1) is 38.6 Å². The molecule has 19 heteroatoms. The zero-order valence-electron chi connectivity index (χ0n) is 63.6. The van der Waals surface area contributed by atoms with Crippen LogP contribution >= 0.6 is 0 Å². The van der Waals surface area contributed by atoms with Gasteiger partial charge in [-0.25, -0.2) is 0 Å². The highest BCUT2D eigenvalue weighted by Gasteiger charge is 2.54. The van der Waals surface area contributed by atoms with E-state index in [0.29, 0.717) is 12.8 Å². The highest BCUT2D eigenvalue weighted by atomic mass is 16.8. The largest absolute Gasteiger partial charge is 0.394 e. The lowest BCUT2D eigenvalue weighted by atomic mass is 9.96. The summed E-state index contributed by atoms with van der Waals surface area (Å²) in [7, 11) is 0. The highest BCUT2D eigenvalue weighted by molar-refractivity contribution is 5.76. The zero-order chi connectivity index (χ0) is 73.9. The third kappa shape index (κ3) is 42.7. The molecule has 3 aliphatic heterocycles. The maximum atomic E-state index is 13.4. The average molecular weight is 1450 g/mol. The van der Waals surface area contributed by atoms with Crippen molar-refractivity contribution in [3.63, 3.8) is 0 Å². The molecule has 0 saturated carbocycles. The van der Waals surface area contributed by atoms with E-state index in [-0.39, 0.29) is 18.9 Å². The Labute approximate surface area is 617 Å². The van der Waals surface area contributed by atoms with Crippen LogP contribution in [0.2, 0.25) is 0 Å². The van der Waals surface area contributed by atoms with Crippen LogP contribution in [0.1, 0.15) is 316 Å². The summed E-state index contributed by atoms with van der Waals surface area (Å²) in [6.45, 7) is 1.70. The molecule has 19 nitrogen and oxygen atoms in total. The van der Waals surface area contributed by atoms with Crippen molar-refractivity contribution in [2.45, 2.75) is 420 Å². The van der Waals surface area contributed by atoms with Gasteiger partial charge in [0.15, 0.2) is 18.9 Å². The van der Waals surface area contributed by atoms with Crippen molar-refractivity contribution in [2.75, 3.05) is 26.4 Å². The lowest BCUT2D eigenvalue weighted by Crippen LogP contribution is -2.66. The number of carbonyl (C=O) groups excluding carboxylic acids is 1. The van der Waals surface area contributed by atoms with Gasteiger partial charge in [-0.15, -0.1) is 0 Å². The van der Waals surface area contributed by atoms with Gasteiger partial charge in [0.2, 0.25) is 5.91 Å². The van der Waals surface area contributed by atoms with E-state index in [4.69, 9.17) is 28.4 Å². The van der Waals surface area contributed by atoms with Crippen LogP contribution in [0.3, 0.4) is 0 Å². The van der Waals surface area contributed by atoms with Gasteiger partial charge in [-0.3, -0.25) is 4.79 Å². The summed E-state index contributed by atoms with van der Waals surface area (Å²) >= 11 is 0. The Morgan fingerprint density at radius 2 is 0.657 bits per heavy atom. The first-order valence-corrected chi connectivity index (χ1v) is 41.2. The molecule has 17 unspecified atom stereocenters. The number of hydrogen-bond donors (Lipinski definition) is 12. The second-order valence-corrected chi connectivity index (χ2v) is 29.2. The number of rotatable bonds is 65. The van der Waals surface area contributed by atoms with Gasteiger partial charge in [-0.05, 0) is 83.5 Å². The lowest BCUT2D eigenvalue weighted by molar-refractivity contribution is -0.379. The van der Waals surface area contributed by atoms with Crippen molar-refractivity contribution in [3.05, 3.63) is 72.9 Å². The van der Waals surface area contributed by atoms with E-state index in [2.05, 4.69) is 79.9 Å². The molecule has 594 valence electrons. The van der Waals surface area contributed by atoms with E-state index < -0.39 is 124 Å². The van der Waals surface area contributed by atoms with Crippen LogP contribution in [0.15, 0.2) is 72.9 Å². The topological polar surface area (TPSA) is 307 Å². The van der Waals surface area contributed by atoms with Gasteiger partial charge in [0, 0.05) is 6.42 Å². The van der Waals surface area contributed by atoms with Crippen LogP contribution in [-0.2, 0) is 33.2 Å². The molecule has 17 atom stereocenters. The van der Waals surface area contributed by atoms with Gasteiger partial charge in [-0.2, -0.15) is 0 Å². The Bertz CT molecular complexity index is 2120. The zero-order valence-corrected chi connectivity index (χ0v) is 63.6. The Hall–Kier alpha value is -2.77. The predicted molar refractivity (Wildman–Crippen MR) is 406 cm³/mol. The molecule has 3 heterocycles. The van der Waals surface area contributed by atoms with Crippen LogP contribution in [0.25, 0.3) is 0 Å². The predicted octanol–water partition coefficient (Wildman–Crippen LogP) is 14.0. The van der Waals surface area contributed by atoms with Crippen molar-refractivity contribution >= 4 is 5.91 Å². The molecule has 0 aromatic heterocycles. The summed E-state index contributed by atoms with van der Waals surface area (Å²) in [6, 6.07) is -0.998. The number of unbranched alkanes of at least 4 members (excludes halogenated alkanes) is 39. The Morgan fingerprint density at radius 3 is 1.05 bits per heavy atom. The standard InChI is InChI=1S/C83H149NO18/c1-3-5-7-9-11-13-15-17-19-21-22-23-24-25-26-27-28-29-30-31-32-33-34-35-36-37-38-39-40-41-42-43-44-45-47-49-51-53-55-57-59-61-71(89)84-66(67(88)60-58-56-54-52-50-48-46-20-18-16-14-12-10-8-6-4-2)65-97-81-77(95)74(92)79(69(63-86)99-81)102-83-78(96)75(93)80(70(64-87)100-83)101-82-76(94)73(91)72(90)68(62-85)98-82/h15,17-18,20-22,24-25,50,52,58,60,66-70,72-83,85-88,90-96H,3-14,16,19,23,26-49,51,53-57,59,61-65H2,1-2H3,(H,84,89)/b17-15-,20-18+,22-21-,25-24-,52-50+,60-58+. The molecular formula is C83H149NO18. The minimum atomic E-state index is -1.98. The van der Waals surface area contributed by atoms with Gasteiger partial charge in [-0.1, -0.05) is 299 Å². The number of allylic oxidation sites excluding steroid dienone is 11. The molecule has 0 aromatic carbocycles. The molecule has 3 fully saturated rings. The molecule has 0 aliphatic carbocycles. The van der Waals surface area contributed by atoms with Crippen molar-refractivity contribution < 1.29 is 89.4 Å². The van der Waals surface area contributed by atoms with Crippen LogP contribution < -0.4 is 5.32 Å². The maximum Gasteiger partial charge on any atom is 0.220 e. The van der Waals surface area contributed by atoms with Crippen LogP contribution in [0.5, 0.6) is 0 Å². The van der Waals surface area contributed by atoms with Crippen molar-refractivity contribution in [1.29, 1.82) is 0 Å². The SMILES string of the molecule is CCCCCCC/C=C\C/C=C\C/C=C\CCCCCCCCCCCCCCCCCCCCCCCCCCCCC(=O)NC(COC1OC(CO)C(OC2OC(CO)C(OC3OC(CO)C(O)C(O)C3O)C(O)C2O)C(O)C1O)C(O)/C=C/CC/C=C/CC/C=C/CCCCCCCC. The number of amides is 1. The monoisotopic (exact) mass is 1450 g/mol. The van der Waals surface area contributed by atoms with E-state index in [1.54, 1.807) is 6.08 Å². The van der Waals surface area contributed by atoms with Gasteiger partial charge < -0.3 is 89.9 Å². The number of nitrogens with one attached hydrogen (secondary N) is 1. The first-order valence-electron chi connectivity index (χ1n) is 41.2. The van der Waals surface area contributed by atoms with Gasteiger partial charge in [0.25, 0.3) is 0 Å². The Kier molecular flexibility index (Phi) is 57.9. The van der Waals surface area contributed by atoms with E-state index in [1.165, 1.54) is 225 Å². The van der Waals surface area contributed by atoms with Crippen molar-refractivity contribution in [2.24, 2.45) is 0 Å². The van der Waals surface area contributed by atoms with E-state index in [0.717, 1.165) is 57.8 Å². The summed E-state index contributed by atoms with van der Waals surface area (Å²) in [5, 5.41) is 121. The van der Waals surface area contributed by atoms with Crippen LogP contribution in [0.4, 0.5) is 0 Å². The summed E-state index contributed by atoms with van der Waals surface area (Å²) in [5.74, 6) is -0.286. The molecule has 0 radical (unpaired) electrons. The van der Waals surface area contributed by atoms with Crippen molar-refractivity contribution in [3.8, 4) is 0 Å². The molecular weight excluding hydrogens is 1300 g/mol. The third-order valence-electron chi connectivity index (χ3n) is 20.2. The first-order chi connectivity index (χ1) is 49.8. The average Bonchev–Trinajstić information content (AvgIpc) is 0.755. The number of ether oxygens (including phenoxy) is 6. The minimum absolute atomic E-state index is 0.233. The fourth-order valence-corrected chi connectivity index (χ4v) is 13.6. The third-order valence-corrected chi connectivity index (χ3v) is 20.2. The first kappa shape index (κ1) is 93.4. The maximum absolute atomic E-state index is 13.4. The van der Waals surface area contributed by atoms with Crippen LogP contribution in [-0.4, -0.2) is 193 Å². The lowest BCUT2D eigenvalue weighted by Gasteiger charge is -2.48. The fraction of sp³-hybridized carbons (Fsp3) is 0.843. The molecule has 102 heavy (non-hydrogen) atoms. The molecule has 3 saturated heterocycles. The molecule has 0 aromatic rings. The van der Waals surface area contributed by atoms with Gasteiger partial charge in [0.1, 0.15) is 73.2 Å². The fourth-order valence-electron chi connectivity index (χ4n) is 13.6. The van der Waals surface area contributed by atoms with Crippen LogP contribution in [0, 0.1) is 0 Å². The molecule has 0 spiro atoms. The summed E-state index contributed by atoms with van der Waals surface area (Å²) in [4.78, 5) is 13.4. The van der Waals surface area contributed by atoms with E-state index in [9.17, 15) is 61.0 Å². The number of aliphatic hydroxyl groups is 11. The Morgan fingerprint density at radius 1 is 0.353 bits per heavy atom. The molecule has 3 aliphatic rings. The quantitative estimate of drug-likeness (QED) is 0.0199.